The van der Waals surface area contributed by atoms with E-state index in [-0.39, 0.29) is 29.5 Å². The van der Waals surface area contributed by atoms with Gasteiger partial charge in [-0.3, -0.25) is 28.9 Å². The molecule has 1 saturated heterocycles. The number of hydrogen-bond donors (Lipinski definition) is 4. The molecule has 47 heavy (non-hydrogen) atoms. The predicted octanol–water partition coefficient (Wildman–Crippen LogP) is 2.10. The zero-order chi connectivity index (χ0) is 33.4. The minimum Gasteiger partial charge on any atom is -0.507 e. The van der Waals surface area contributed by atoms with Crippen molar-refractivity contribution >= 4 is 62.7 Å². The molecule has 3 aromatic rings. The van der Waals surface area contributed by atoms with Crippen LogP contribution in [0.25, 0.3) is 10.8 Å². The number of methoxy groups -OCH3 is 1. The largest absolute Gasteiger partial charge is 0.507 e. The Labute approximate surface area is 278 Å². The SMILES string of the molecule is COC1=CC(=O)c2c(O)c3c(c(O)c2C1=O)C(=O)[C@]1(CCc2c1c(O)c1c(=O)[nH]c(/C=N/OCCN4CCOCC4)cc1c2I)C3=O. The number of oxime groups is 1. The number of rotatable bonds is 6. The lowest BCUT2D eigenvalue weighted by Gasteiger charge is -2.25. The molecule has 0 saturated carbocycles. The second kappa shape index (κ2) is 11.3. The fourth-order valence-corrected chi connectivity index (χ4v) is 7.98. The first-order valence-corrected chi connectivity index (χ1v) is 15.7. The van der Waals surface area contributed by atoms with E-state index < -0.39 is 79.4 Å². The second-order valence-electron chi connectivity index (χ2n) is 11.5. The maximum absolute atomic E-state index is 14.2. The fourth-order valence-electron chi connectivity index (χ4n) is 7.01. The number of pyridine rings is 1. The van der Waals surface area contributed by atoms with Gasteiger partial charge in [-0.2, -0.15) is 0 Å². The highest BCUT2D eigenvalue weighted by Crippen LogP contribution is 2.58. The average molecular weight is 755 g/mol. The Kier molecular flexibility index (Phi) is 7.44. The number of phenols is 3. The van der Waals surface area contributed by atoms with E-state index >= 15 is 0 Å². The van der Waals surface area contributed by atoms with Gasteiger partial charge < -0.3 is 34.6 Å². The van der Waals surface area contributed by atoms with Crippen LogP contribution in [0.15, 0.2) is 27.9 Å². The highest BCUT2D eigenvalue weighted by molar-refractivity contribution is 14.1. The van der Waals surface area contributed by atoms with Gasteiger partial charge in [-0.15, -0.1) is 0 Å². The number of carbonyl (C=O) groups excluding carboxylic acids is 4. The zero-order valence-corrected chi connectivity index (χ0v) is 26.9. The molecule has 1 fully saturated rings. The van der Waals surface area contributed by atoms with Crippen LogP contribution in [0.3, 0.4) is 0 Å². The molecule has 2 aromatic carbocycles. The lowest BCUT2D eigenvalue weighted by molar-refractivity contribution is 0.0214. The van der Waals surface area contributed by atoms with Crippen LogP contribution in [-0.2, 0) is 26.1 Å². The lowest BCUT2D eigenvalue weighted by atomic mass is 9.76. The molecule has 1 aliphatic heterocycles. The molecule has 2 heterocycles. The number of benzene rings is 2. The van der Waals surface area contributed by atoms with Gasteiger partial charge in [0.1, 0.15) is 29.3 Å². The number of fused-ring (bicyclic) bond motifs is 5. The van der Waals surface area contributed by atoms with E-state index in [1.54, 1.807) is 6.07 Å². The van der Waals surface area contributed by atoms with Gasteiger partial charge in [0.2, 0.25) is 5.78 Å². The molecule has 0 bridgehead atoms. The number of aromatic amines is 1. The van der Waals surface area contributed by atoms with Crippen LogP contribution in [0.2, 0.25) is 0 Å². The highest BCUT2D eigenvalue weighted by atomic mass is 127. The molecular weight excluding hydrogens is 729 g/mol. The van der Waals surface area contributed by atoms with Crippen LogP contribution in [0, 0.1) is 3.57 Å². The predicted molar refractivity (Wildman–Crippen MR) is 172 cm³/mol. The molecule has 4 N–H and O–H groups in total. The Morgan fingerprint density at radius 2 is 1.70 bits per heavy atom. The van der Waals surface area contributed by atoms with Crippen molar-refractivity contribution in [3.8, 4) is 17.2 Å². The van der Waals surface area contributed by atoms with Gasteiger partial charge in [0.25, 0.3) is 5.56 Å². The Bertz CT molecular complexity index is 2090. The van der Waals surface area contributed by atoms with Crippen molar-refractivity contribution in [1.82, 2.24) is 9.88 Å². The number of hydrogen-bond acceptors (Lipinski definition) is 13. The Morgan fingerprint density at radius 1 is 1.02 bits per heavy atom. The Balaban J connectivity index is 1.29. The van der Waals surface area contributed by atoms with Gasteiger partial charge in [-0.05, 0) is 47.1 Å². The maximum atomic E-state index is 14.2. The summed E-state index contributed by atoms with van der Waals surface area (Å²) in [5, 5.41) is 38.1. The topological polar surface area (TPSA) is 205 Å². The number of carbonyl (C=O) groups is 4. The van der Waals surface area contributed by atoms with Crippen molar-refractivity contribution in [2.75, 3.05) is 46.6 Å². The van der Waals surface area contributed by atoms with Crippen LogP contribution in [-0.4, -0.2) is 101 Å². The molecule has 15 heteroatoms. The first-order chi connectivity index (χ1) is 22.5. The molecule has 1 spiro atoms. The molecular formula is C32H26IN3O11. The van der Waals surface area contributed by atoms with Gasteiger partial charge in [0.05, 0.1) is 59.9 Å². The van der Waals surface area contributed by atoms with Crippen molar-refractivity contribution in [3.05, 3.63) is 70.9 Å². The molecule has 14 nitrogen and oxygen atoms in total. The summed E-state index contributed by atoms with van der Waals surface area (Å²) in [5.74, 6) is -6.69. The van der Waals surface area contributed by atoms with E-state index in [0.717, 1.165) is 26.3 Å². The minimum atomic E-state index is -2.13. The average Bonchev–Trinajstić information content (AvgIpc) is 3.57. The second-order valence-corrected chi connectivity index (χ2v) is 12.6. The summed E-state index contributed by atoms with van der Waals surface area (Å²) in [5.41, 5.74) is -4.80. The monoisotopic (exact) mass is 755 g/mol. The third-order valence-electron chi connectivity index (χ3n) is 9.23. The van der Waals surface area contributed by atoms with E-state index in [4.69, 9.17) is 14.3 Å². The number of aromatic nitrogens is 1. The van der Waals surface area contributed by atoms with Crippen LogP contribution in [0.1, 0.15) is 64.7 Å². The summed E-state index contributed by atoms with van der Waals surface area (Å²) in [4.78, 5) is 77.9. The molecule has 0 radical (unpaired) electrons. The van der Waals surface area contributed by atoms with Gasteiger partial charge in [0.15, 0.2) is 23.1 Å². The molecule has 3 aliphatic carbocycles. The summed E-state index contributed by atoms with van der Waals surface area (Å²) in [6, 6.07) is 1.59. The number of ketones is 4. The van der Waals surface area contributed by atoms with Crippen molar-refractivity contribution in [2.45, 2.75) is 18.3 Å². The number of ether oxygens (including phenoxy) is 2. The van der Waals surface area contributed by atoms with Gasteiger partial charge >= 0.3 is 0 Å². The van der Waals surface area contributed by atoms with E-state index in [1.807, 2.05) is 22.6 Å². The van der Waals surface area contributed by atoms with Crippen molar-refractivity contribution in [1.29, 1.82) is 0 Å². The van der Waals surface area contributed by atoms with Gasteiger partial charge in [-0.25, -0.2) is 0 Å². The lowest BCUT2D eigenvalue weighted by Crippen LogP contribution is -2.38. The Morgan fingerprint density at radius 3 is 2.38 bits per heavy atom. The van der Waals surface area contributed by atoms with Crippen LogP contribution in [0.4, 0.5) is 0 Å². The number of halogens is 1. The fraction of sp³-hybridized carbons (Fsp3) is 0.312. The molecule has 0 amide bonds. The number of allylic oxidation sites excluding steroid dienone is 2. The van der Waals surface area contributed by atoms with Gasteiger partial charge in [0, 0.05) is 40.2 Å². The summed E-state index contributed by atoms with van der Waals surface area (Å²) in [6.45, 7) is 3.92. The molecule has 242 valence electrons. The van der Waals surface area contributed by atoms with E-state index in [2.05, 4.69) is 15.0 Å². The molecule has 7 rings (SSSR count). The Hall–Kier alpha value is -4.61. The van der Waals surface area contributed by atoms with E-state index in [9.17, 15) is 39.3 Å². The molecule has 1 aromatic heterocycles. The molecule has 0 unspecified atom stereocenters. The number of Topliss-reactive ketones (excluding diaryl/α,β-unsaturated/α-hetero) is 3. The number of morpholine rings is 1. The summed E-state index contributed by atoms with van der Waals surface area (Å²) in [7, 11) is 1.14. The van der Waals surface area contributed by atoms with Crippen molar-refractivity contribution in [3.63, 3.8) is 0 Å². The maximum Gasteiger partial charge on any atom is 0.260 e. The first kappa shape index (κ1) is 31.0. The van der Waals surface area contributed by atoms with Gasteiger partial charge in [-0.1, -0.05) is 5.16 Å². The first-order valence-electron chi connectivity index (χ1n) is 14.6. The number of phenolic OH excluding ortho intramolecular Hbond substituents is 3. The number of nitrogens with one attached hydrogen (secondary N) is 1. The molecule has 1 atom stereocenters. The standard InChI is InChI=1S/C32H26IN3O11/c1-45-17-11-16(37)19-20(25(17)38)27(40)22-21(26(19)39)29(42)32(30(22)43)3-2-14-23(32)28(41)18-15(24(14)33)10-13(35-31(18)44)12-34-47-9-6-36-4-7-46-8-5-36/h10-12,39-41H,2-9H2,1H3,(H,35,44)/b34-12+/t32-/m0/s1. The van der Waals surface area contributed by atoms with E-state index in [0.29, 0.717) is 40.9 Å². The normalized spacial score (nSPS) is 20.7. The quantitative estimate of drug-likeness (QED) is 0.0714. The summed E-state index contributed by atoms with van der Waals surface area (Å²) in [6.07, 6.45) is 2.12. The summed E-state index contributed by atoms with van der Waals surface area (Å²) < 4.78 is 10.8. The third-order valence-corrected chi connectivity index (χ3v) is 10.5. The highest BCUT2D eigenvalue weighted by Gasteiger charge is 2.62. The van der Waals surface area contributed by atoms with Crippen molar-refractivity contribution in [2.24, 2.45) is 5.16 Å². The van der Waals surface area contributed by atoms with Crippen LogP contribution in [0.5, 0.6) is 17.2 Å². The molecule has 4 aliphatic rings. The third kappa shape index (κ3) is 4.36. The number of nitrogens with zero attached hydrogens (tertiary/aromatic N) is 2. The smallest absolute Gasteiger partial charge is 0.260 e. The van der Waals surface area contributed by atoms with E-state index in [1.165, 1.54) is 6.21 Å². The van der Waals surface area contributed by atoms with Crippen molar-refractivity contribution < 1.29 is 48.8 Å². The number of H-pyrrole nitrogens is 1. The zero-order valence-electron chi connectivity index (χ0n) is 24.8. The van der Waals surface area contributed by atoms with Crippen LogP contribution < -0.4 is 5.56 Å². The number of aromatic hydroxyl groups is 3. The summed E-state index contributed by atoms with van der Waals surface area (Å²) >= 11 is 1.98. The van der Waals surface area contributed by atoms with Crippen LogP contribution >= 0.6 is 22.6 Å². The minimum absolute atomic E-state index is 0.121.